The average Bonchev–Trinajstić information content (AvgIpc) is 2.79. The van der Waals surface area contributed by atoms with Crippen LogP contribution in [0.25, 0.3) is 0 Å². The molecule has 6 heteroatoms. The van der Waals surface area contributed by atoms with E-state index in [2.05, 4.69) is 15.3 Å². The third-order valence-electron chi connectivity index (χ3n) is 1.86. The summed E-state index contributed by atoms with van der Waals surface area (Å²) in [5.41, 5.74) is 0.142. The maximum atomic E-state index is 8.63. The van der Waals surface area contributed by atoms with Crippen LogP contribution in [0, 0.1) is 11.3 Å². The van der Waals surface area contributed by atoms with Crippen LogP contribution in [0.15, 0.2) is 23.7 Å². The first-order chi connectivity index (χ1) is 7.79. The molecule has 0 saturated heterocycles. The second kappa shape index (κ2) is 4.92. The van der Waals surface area contributed by atoms with Gasteiger partial charge in [0.15, 0.2) is 10.8 Å². The summed E-state index contributed by atoms with van der Waals surface area (Å²) in [5, 5.41) is 13.8. The fourth-order valence-electron chi connectivity index (χ4n) is 1.12. The van der Waals surface area contributed by atoms with Gasteiger partial charge in [0.1, 0.15) is 11.9 Å². The van der Waals surface area contributed by atoms with Gasteiger partial charge in [-0.25, -0.2) is 9.97 Å². The van der Waals surface area contributed by atoms with Crippen LogP contribution in [0.2, 0.25) is 5.15 Å². The highest BCUT2D eigenvalue weighted by Crippen LogP contribution is 2.14. The lowest BCUT2D eigenvalue weighted by Gasteiger charge is -2.03. The number of anilines is 1. The zero-order valence-electron chi connectivity index (χ0n) is 8.14. The zero-order chi connectivity index (χ0) is 11.4. The number of nitriles is 1. The topological polar surface area (TPSA) is 61.6 Å². The minimum atomic E-state index is 0.124. The molecule has 80 valence electrons. The van der Waals surface area contributed by atoms with Gasteiger partial charge in [0.05, 0.1) is 12.7 Å². The lowest BCUT2D eigenvalue weighted by atomic mass is 10.4. The maximum Gasteiger partial charge on any atom is 0.178 e. The van der Waals surface area contributed by atoms with E-state index in [0.29, 0.717) is 12.4 Å². The van der Waals surface area contributed by atoms with E-state index in [9.17, 15) is 0 Å². The first-order valence-electron chi connectivity index (χ1n) is 4.48. The number of aromatic nitrogens is 2. The zero-order valence-corrected chi connectivity index (χ0v) is 9.72. The highest BCUT2D eigenvalue weighted by molar-refractivity contribution is 7.09. The van der Waals surface area contributed by atoms with E-state index in [1.807, 2.05) is 23.6 Å². The molecule has 2 rings (SSSR count). The van der Waals surface area contributed by atoms with Gasteiger partial charge in [-0.15, -0.1) is 11.3 Å². The number of nitrogens with one attached hydrogen (secondary N) is 1. The largest absolute Gasteiger partial charge is 0.364 e. The highest BCUT2D eigenvalue weighted by atomic mass is 35.5. The SMILES string of the molecule is N#Cc1ncc(NCc2cccs2)nc1Cl. The Hall–Kier alpha value is -1.64. The Bertz CT molecular complexity index is 518. The summed E-state index contributed by atoms with van der Waals surface area (Å²) in [4.78, 5) is 9.10. The van der Waals surface area contributed by atoms with Crippen LogP contribution in [-0.4, -0.2) is 9.97 Å². The van der Waals surface area contributed by atoms with Crippen molar-refractivity contribution < 1.29 is 0 Å². The van der Waals surface area contributed by atoms with E-state index in [0.717, 1.165) is 0 Å². The predicted octanol–water partition coefficient (Wildman–Crippen LogP) is 2.68. The number of hydrogen-bond acceptors (Lipinski definition) is 5. The lowest BCUT2D eigenvalue weighted by molar-refractivity contribution is 1.09. The van der Waals surface area contributed by atoms with Gasteiger partial charge in [-0.2, -0.15) is 5.26 Å². The molecule has 0 fully saturated rings. The monoisotopic (exact) mass is 250 g/mol. The third-order valence-corrected chi connectivity index (χ3v) is 3.00. The van der Waals surface area contributed by atoms with Crippen molar-refractivity contribution in [3.05, 3.63) is 39.4 Å². The Morgan fingerprint density at radius 2 is 2.44 bits per heavy atom. The normalized spacial score (nSPS) is 9.75. The van der Waals surface area contributed by atoms with Gasteiger partial charge < -0.3 is 5.32 Å². The van der Waals surface area contributed by atoms with Gasteiger partial charge >= 0.3 is 0 Å². The molecule has 4 nitrogen and oxygen atoms in total. The van der Waals surface area contributed by atoms with Crippen molar-refractivity contribution in [2.45, 2.75) is 6.54 Å². The second-order valence-corrected chi connectivity index (χ2v) is 4.33. The molecular formula is C10H7ClN4S. The van der Waals surface area contributed by atoms with Crippen molar-refractivity contribution in [2.24, 2.45) is 0 Å². The number of halogens is 1. The number of hydrogen-bond donors (Lipinski definition) is 1. The van der Waals surface area contributed by atoms with E-state index in [1.165, 1.54) is 11.1 Å². The molecular weight excluding hydrogens is 244 g/mol. The Kier molecular flexibility index (Phi) is 3.34. The molecule has 1 N–H and O–H groups in total. The van der Waals surface area contributed by atoms with Crippen LogP contribution in [-0.2, 0) is 6.54 Å². The van der Waals surface area contributed by atoms with Crippen molar-refractivity contribution in [3.63, 3.8) is 0 Å². The summed E-state index contributed by atoms with van der Waals surface area (Å²) in [6.07, 6.45) is 1.50. The number of rotatable bonds is 3. The standard InChI is InChI=1S/C10H7ClN4S/c11-10-8(4-12)13-6-9(15-10)14-5-7-2-1-3-16-7/h1-3,6H,5H2,(H,14,15). The van der Waals surface area contributed by atoms with Gasteiger partial charge in [0.25, 0.3) is 0 Å². The first kappa shape index (κ1) is 10.9. The van der Waals surface area contributed by atoms with E-state index in [4.69, 9.17) is 16.9 Å². The Labute approximate surface area is 102 Å². The quantitative estimate of drug-likeness (QED) is 0.910. The van der Waals surface area contributed by atoms with Crippen LogP contribution in [0.4, 0.5) is 5.82 Å². The van der Waals surface area contributed by atoms with Crippen molar-refractivity contribution in [1.29, 1.82) is 5.26 Å². The second-order valence-electron chi connectivity index (χ2n) is 2.94. The van der Waals surface area contributed by atoms with Gasteiger partial charge in [-0.05, 0) is 11.4 Å². The minimum absolute atomic E-state index is 0.124. The predicted molar refractivity (Wildman–Crippen MR) is 63.4 cm³/mol. The number of thiophene rings is 1. The number of nitrogens with zero attached hydrogens (tertiary/aromatic N) is 3. The maximum absolute atomic E-state index is 8.63. The van der Waals surface area contributed by atoms with Crippen LogP contribution in [0.3, 0.4) is 0 Å². The van der Waals surface area contributed by atoms with Crippen LogP contribution in [0.1, 0.15) is 10.6 Å². The fraction of sp³-hybridized carbons (Fsp3) is 0.100. The molecule has 2 aromatic rings. The molecule has 2 heterocycles. The molecule has 0 unspecified atom stereocenters. The average molecular weight is 251 g/mol. The van der Waals surface area contributed by atoms with E-state index >= 15 is 0 Å². The lowest BCUT2D eigenvalue weighted by Crippen LogP contribution is -2.01. The summed E-state index contributed by atoms with van der Waals surface area (Å²) in [6.45, 7) is 0.675. The Morgan fingerprint density at radius 1 is 1.56 bits per heavy atom. The molecule has 0 atom stereocenters. The first-order valence-corrected chi connectivity index (χ1v) is 5.74. The molecule has 0 aliphatic rings. The summed E-state index contributed by atoms with van der Waals surface area (Å²) in [5.74, 6) is 0.567. The molecule has 2 aromatic heterocycles. The highest BCUT2D eigenvalue weighted by Gasteiger charge is 2.04. The summed E-state index contributed by atoms with van der Waals surface area (Å²) < 4.78 is 0. The molecule has 0 aromatic carbocycles. The van der Waals surface area contributed by atoms with Crippen LogP contribution in [0.5, 0.6) is 0 Å². The van der Waals surface area contributed by atoms with Gasteiger partial charge in [0.2, 0.25) is 0 Å². The molecule has 0 spiro atoms. The van der Waals surface area contributed by atoms with Crippen LogP contribution < -0.4 is 5.32 Å². The summed E-state index contributed by atoms with van der Waals surface area (Å²) >= 11 is 7.41. The van der Waals surface area contributed by atoms with Gasteiger partial charge in [-0.3, -0.25) is 0 Å². The molecule has 0 aliphatic carbocycles. The smallest absolute Gasteiger partial charge is 0.178 e. The van der Waals surface area contributed by atoms with E-state index in [1.54, 1.807) is 11.3 Å². The summed E-state index contributed by atoms with van der Waals surface area (Å²) in [6, 6.07) is 5.87. The molecule has 0 bridgehead atoms. The van der Waals surface area contributed by atoms with Crippen molar-refractivity contribution in [2.75, 3.05) is 5.32 Å². The molecule has 0 amide bonds. The van der Waals surface area contributed by atoms with Gasteiger partial charge in [0, 0.05) is 4.88 Å². The molecule has 0 radical (unpaired) electrons. The summed E-state index contributed by atoms with van der Waals surface area (Å²) in [7, 11) is 0. The van der Waals surface area contributed by atoms with Gasteiger partial charge in [-0.1, -0.05) is 17.7 Å². The fourth-order valence-corrected chi connectivity index (χ4v) is 1.94. The van der Waals surface area contributed by atoms with Crippen molar-refractivity contribution in [1.82, 2.24) is 9.97 Å². The minimum Gasteiger partial charge on any atom is -0.364 e. The molecule has 0 saturated carbocycles. The Morgan fingerprint density at radius 3 is 3.06 bits per heavy atom. The van der Waals surface area contributed by atoms with Crippen molar-refractivity contribution in [3.8, 4) is 6.07 Å². The molecule has 16 heavy (non-hydrogen) atoms. The van der Waals surface area contributed by atoms with Crippen LogP contribution >= 0.6 is 22.9 Å². The van der Waals surface area contributed by atoms with Crippen molar-refractivity contribution >= 4 is 28.8 Å². The molecule has 0 aliphatic heterocycles. The van der Waals surface area contributed by atoms with E-state index < -0.39 is 0 Å². The Balaban J connectivity index is 2.06. The third kappa shape index (κ3) is 2.48. The van der Waals surface area contributed by atoms with E-state index in [-0.39, 0.29) is 10.8 Å².